The Morgan fingerprint density at radius 1 is 0.316 bits per heavy atom. The van der Waals surface area contributed by atoms with Crippen molar-refractivity contribution < 1.29 is 0 Å². The Balaban J connectivity index is 4.81. The van der Waals surface area contributed by atoms with E-state index in [0.717, 1.165) is 34.8 Å². The van der Waals surface area contributed by atoms with Crippen LogP contribution in [-0.4, -0.2) is 113 Å². The fourth-order valence-corrected chi connectivity index (χ4v) is 13.9. The second-order valence-electron chi connectivity index (χ2n) is 9.52. The van der Waals surface area contributed by atoms with Gasteiger partial charge in [-0.1, -0.05) is 27.7 Å². The van der Waals surface area contributed by atoms with Crippen LogP contribution in [0.1, 0.15) is 27.7 Å². The molecule has 4 unspecified atom stereocenters. The fourth-order valence-electron chi connectivity index (χ4n) is 3.07. The molecule has 4 atom stereocenters. The summed E-state index contributed by atoms with van der Waals surface area (Å²) in [7, 11) is 0. The molecule has 12 heteroatoms. The van der Waals surface area contributed by atoms with E-state index in [9.17, 15) is 0 Å². The van der Waals surface area contributed by atoms with Crippen LogP contribution in [0.25, 0.3) is 0 Å². The highest BCUT2D eigenvalue weighted by molar-refractivity contribution is 8.05. The molecule has 0 spiro atoms. The molecule has 0 aromatic rings. The molecule has 230 valence electrons. The monoisotopic (exact) mass is 750 g/mol. The summed E-state index contributed by atoms with van der Waals surface area (Å²) < 4.78 is 0. The molecule has 0 aliphatic heterocycles. The highest BCUT2D eigenvalue weighted by atomic mass is 32.2. The van der Waals surface area contributed by atoms with E-state index in [-0.39, 0.29) is 0 Å². The summed E-state index contributed by atoms with van der Waals surface area (Å²) in [5.74, 6) is 21.6. The van der Waals surface area contributed by atoms with E-state index in [1.807, 2.05) is 0 Å². The first-order valence-corrected chi connectivity index (χ1v) is 24.9. The summed E-state index contributed by atoms with van der Waals surface area (Å²) >= 11 is 35.2. The van der Waals surface area contributed by atoms with Crippen molar-refractivity contribution in [3.63, 3.8) is 0 Å². The maximum atomic E-state index is 4.53. The zero-order chi connectivity index (χ0) is 28.4. The van der Waals surface area contributed by atoms with Crippen LogP contribution in [0.4, 0.5) is 0 Å². The number of rotatable bonds is 29. The normalized spacial score (nSPS) is 16.7. The van der Waals surface area contributed by atoms with E-state index < -0.39 is 0 Å². The van der Waals surface area contributed by atoms with Crippen LogP contribution in [0.3, 0.4) is 0 Å². The van der Waals surface area contributed by atoms with Gasteiger partial charge in [0, 0.05) is 90.0 Å². The van der Waals surface area contributed by atoms with Gasteiger partial charge in [-0.15, -0.1) is 0 Å². The average molecular weight is 752 g/mol. The van der Waals surface area contributed by atoms with Gasteiger partial charge in [0.2, 0.25) is 0 Å². The fraction of sp³-hybridized carbons (Fsp3) is 1.00. The van der Waals surface area contributed by atoms with E-state index in [2.05, 4.69) is 172 Å². The largest absolute Gasteiger partial charge is 0.175 e. The highest BCUT2D eigenvalue weighted by Crippen LogP contribution is 2.30. The first-order valence-electron chi connectivity index (χ1n) is 13.6. The molecular weight excluding hydrogens is 697 g/mol. The van der Waals surface area contributed by atoms with Crippen LogP contribution in [0.15, 0.2) is 0 Å². The van der Waals surface area contributed by atoms with Crippen LogP contribution in [-0.2, 0) is 0 Å². The third kappa shape index (κ3) is 31.6. The average Bonchev–Trinajstić information content (AvgIpc) is 2.84. The Labute approximate surface area is 293 Å². The predicted molar refractivity (Wildman–Crippen MR) is 219 cm³/mol. The lowest BCUT2D eigenvalue weighted by Gasteiger charge is -2.27. The maximum absolute atomic E-state index is 4.53. The van der Waals surface area contributed by atoms with Crippen molar-refractivity contribution in [3.05, 3.63) is 0 Å². The van der Waals surface area contributed by atoms with Gasteiger partial charge in [-0.3, -0.25) is 0 Å². The van der Waals surface area contributed by atoms with Gasteiger partial charge in [0.15, 0.2) is 0 Å². The number of hydrogen-bond donors (Lipinski definition) is 4. The first kappa shape index (κ1) is 42.2. The molecule has 0 rings (SSSR count). The molecule has 0 nitrogen and oxygen atoms in total. The Morgan fingerprint density at radius 3 is 0.632 bits per heavy atom. The van der Waals surface area contributed by atoms with Crippen molar-refractivity contribution in [3.8, 4) is 0 Å². The third-order valence-corrected chi connectivity index (χ3v) is 17.2. The van der Waals surface area contributed by atoms with E-state index >= 15 is 0 Å². The molecule has 0 aromatic heterocycles. The molecular formula is C26H54S12. The van der Waals surface area contributed by atoms with Crippen molar-refractivity contribution >= 4 is 145 Å². The molecule has 0 radical (unpaired) electrons. The second-order valence-corrected chi connectivity index (χ2v) is 22.2. The van der Waals surface area contributed by atoms with Gasteiger partial charge < -0.3 is 0 Å². The molecule has 0 bridgehead atoms. The van der Waals surface area contributed by atoms with Crippen molar-refractivity contribution in [2.45, 2.75) is 48.7 Å². The van der Waals surface area contributed by atoms with Gasteiger partial charge in [0.25, 0.3) is 0 Å². The van der Waals surface area contributed by atoms with Crippen LogP contribution >= 0.6 is 145 Å². The van der Waals surface area contributed by atoms with Gasteiger partial charge >= 0.3 is 0 Å². The van der Waals surface area contributed by atoms with Crippen LogP contribution in [0.5, 0.6) is 0 Å². The van der Waals surface area contributed by atoms with Gasteiger partial charge in [-0.2, -0.15) is 145 Å². The molecule has 0 aliphatic rings. The number of thioether (sulfide) groups is 8. The van der Waals surface area contributed by atoms with Crippen LogP contribution in [0, 0.1) is 11.8 Å². The first-order chi connectivity index (χ1) is 18.2. The molecule has 0 fully saturated rings. The van der Waals surface area contributed by atoms with Crippen molar-refractivity contribution in [1.29, 1.82) is 0 Å². The van der Waals surface area contributed by atoms with Gasteiger partial charge in [-0.05, 0) is 34.8 Å². The summed E-state index contributed by atoms with van der Waals surface area (Å²) in [5.41, 5.74) is 0. The molecule has 0 aliphatic carbocycles. The molecule has 0 N–H and O–H groups in total. The number of hydrogen-bond acceptors (Lipinski definition) is 12. The van der Waals surface area contributed by atoms with E-state index in [1.54, 1.807) is 0 Å². The van der Waals surface area contributed by atoms with Crippen LogP contribution < -0.4 is 0 Å². The minimum Gasteiger partial charge on any atom is -0.175 e. The van der Waals surface area contributed by atoms with Gasteiger partial charge in [0.1, 0.15) is 0 Å². The summed E-state index contributed by atoms with van der Waals surface area (Å²) in [5, 5.41) is 2.00. The minimum absolute atomic E-state index is 0.499. The summed E-state index contributed by atoms with van der Waals surface area (Å²) in [6.45, 7) is 8.78. The predicted octanol–water partition coefficient (Wildman–Crippen LogP) is 9.36. The van der Waals surface area contributed by atoms with E-state index in [1.165, 1.54) is 69.0 Å². The highest BCUT2D eigenvalue weighted by Gasteiger charge is 2.22. The Hall–Kier alpha value is 4.20. The summed E-state index contributed by atoms with van der Waals surface area (Å²) in [6.07, 6.45) is 0. The summed E-state index contributed by atoms with van der Waals surface area (Å²) in [6, 6.07) is 0. The molecule has 0 heterocycles. The molecule has 38 heavy (non-hydrogen) atoms. The van der Waals surface area contributed by atoms with Crippen molar-refractivity contribution in [2.75, 3.05) is 92.0 Å². The SMILES string of the molecule is CC(S)CSCCSCC(CSCCSCC(C)S)C(CSCCSCC(C)S)CSCCSCC(C)S. The number of thiol groups is 4. The zero-order valence-electron chi connectivity index (χ0n) is 23.8. The smallest absolute Gasteiger partial charge is 0.00791 e. The quantitative estimate of drug-likeness (QED) is 0.0436. The van der Waals surface area contributed by atoms with Gasteiger partial charge in [0.05, 0.1) is 0 Å². The molecule has 0 aromatic carbocycles. The topological polar surface area (TPSA) is 0 Å². The summed E-state index contributed by atoms with van der Waals surface area (Å²) in [4.78, 5) is 0. The van der Waals surface area contributed by atoms with Gasteiger partial charge in [-0.25, -0.2) is 0 Å². The standard InChI is InChI=1S/C26H54S12/c1-21(27)13-31-5-9-35-17-25(18-36-10-6-32-14-22(2)28)26(19-37-11-7-33-15-23(3)29)20-38-12-8-34-16-24(4)30/h21-30H,5-20H2,1-4H3. The lowest BCUT2D eigenvalue weighted by molar-refractivity contribution is 0.488. The Kier molecular flexibility index (Phi) is 34.6. The Morgan fingerprint density at radius 2 is 0.474 bits per heavy atom. The lowest BCUT2D eigenvalue weighted by atomic mass is 10.00. The second kappa shape index (κ2) is 31.2. The zero-order valence-corrected chi connectivity index (χ0v) is 33.9. The molecule has 0 amide bonds. The minimum atomic E-state index is 0.499. The van der Waals surface area contributed by atoms with Crippen molar-refractivity contribution in [1.82, 2.24) is 0 Å². The van der Waals surface area contributed by atoms with E-state index in [0.29, 0.717) is 21.0 Å². The maximum Gasteiger partial charge on any atom is 0.00791 e. The lowest BCUT2D eigenvalue weighted by Crippen LogP contribution is -2.25. The van der Waals surface area contributed by atoms with Crippen molar-refractivity contribution in [2.24, 2.45) is 11.8 Å². The van der Waals surface area contributed by atoms with Crippen LogP contribution in [0.2, 0.25) is 0 Å². The Bertz CT molecular complexity index is 397. The molecule has 0 saturated heterocycles. The molecule has 0 saturated carbocycles. The third-order valence-electron chi connectivity index (χ3n) is 4.92. The van der Waals surface area contributed by atoms with E-state index in [4.69, 9.17) is 0 Å².